The van der Waals surface area contributed by atoms with E-state index in [1.165, 1.54) is 0 Å². The second-order valence-electron chi connectivity index (χ2n) is 4.74. The van der Waals surface area contributed by atoms with Gasteiger partial charge >= 0.3 is 5.97 Å². The molecule has 3 N–H and O–H groups in total. The van der Waals surface area contributed by atoms with Gasteiger partial charge in [-0.25, -0.2) is 0 Å². The van der Waals surface area contributed by atoms with Gasteiger partial charge in [-0.05, 0) is 18.8 Å². The fourth-order valence-electron chi connectivity index (χ4n) is 2.13. The van der Waals surface area contributed by atoms with Crippen LogP contribution in [0.4, 0.5) is 0 Å². The van der Waals surface area contributed by atoms with Gasteiger partial charge in [0.15, 0.2) is 0 Å². The van der Waals surface area contributed by atoms with Gasteiger partial charge in [-0.2, -0.15) is 0 Å². The number of carbonyl (C=O) groups is 1. The Labute approximate surface area is 84.4 Å². The molecule has 4 heteroatoms. The zero-order chi connectivity index (χ0) is 10.8. The molecule has 1 aliphatic heterocycles. The van der Waals surface area contributed by atoms with E-state index < -0.39 is 12.0 Å². The molecular weight excluding hydrogens is 182 g/mol. The first kappa shape index (κ1) is 11.5. The molecule has 4 nitrogen and oxygen atoms in total. The summed E-state index contributed by atoms with van der Waals surface area (Å²) in [5, 5.41) is 8.73. The van der Waals surface area contributed by atoms with Crippen LogP contribution in [0.1, 0.15) is 26.7 Å². The Hall–Kier alpha value is -0.610. The quantitative estimate of drug-likeness (QED) is 0.691. The lowest BCUT2D eigenvalue weighted by molar-refractivity contribution is -0.149. The average Bonchev–Trinajstić information content (AvgIpc) is 1.99. The third-order valence-electron chi connectivity index (χ3n) is 2.63. The predicted octanol–water partition coefficient (Wildman–Crippen LogP) is 0.851. The summed E-state index contributed by atoms with van der Waals surface area (Å²) in [7, 11) is 0. The zero-order valence-corrected chi connectivity index (χ0v) is 8.82. The molecule has 0 aliphatic carbocycles. The van der Waals surface area contributed by atoms with Crippen LogP contribution in [0.15, 0.2) is 0 Å². The zero-order valence-electron chi connectivity index (χ0n) is 8.82. The summed E-state index contributed by atoms with van der Waals surface area (Å²) in [5.41, 5.74) is 5.55. The second-order valence-corrected chi connectivity index (χ2v) is 4.74. The van der Waals surface area contributed by atoms with Crippen LogP contribution in [-0.4, -0.2) is 30.3 Å². The SMILES string of the molecule is CC(C)CC1(CC(N)C(=O)O)COC1. The molecule has 82 valence electrons. The van der Waals surface area contributed by atoms with Crippen molar-refractivity contribution in [3.63, 3.8) is 0 Å². The largest absolute Gasteiger partial charge is 0.480 e. The monoisotopic (exact) mass is 201 g/mol. The highest BCUT2D eigenvalue weighted by molar-refractivity contribution is 5.73. The van der Waals surface area contributed by atoms with Crippen molar-refractivity contribution in [2.45, 2.75) is 32.7 Å². The van der Waals surface area contributed by atoms with Crippen molar-refractivity contribution in [3.05, 3.63) is 0 Å². The van der Waals surface area contributed by atoms with Crippen molar-refractivity contribution in [3.8, 4) is 0 Å². The number of ether oxygens (including phenoxy) is 1. The number of rotatable bonds is 5. The smallest absolute Gasteiger partial charge is 0.320 e. The van der Waals surface area contributed by atoms with Gasteiger partial charge in [-0.3, -0.25) is 4.79 Å². The van der Waals surface area contributed by atoms with Crippen LogP contribution in [0.3, 0.4) is 0 Å². The lowest BCUT2D eigenvalue weighted by Gasteiger charge is -2.43. The molecule has 0 bridgehead atoms. The van der Waals surface area contributed by atoms with E-state index in [1.54, 1.807) is 0 Å². The lowest BCUT2D eigenvalue weighted by Crippen LogP contribution is -2.49. The van der Waals surface area contributed by atoms with E-state index in [2.05, 4.69) is 13.8 Å². The molecule has 1 unspecified atom stereocenters. The standard InChI is InChI=1S/C10H19NO3/c1-7(2)3-10(5-14-6-10)4-8(11)9(12)13/h7-8H,3-6,11H2,1-2H3,(H,12,13). The van der Waals surface area contributed by atoms with Crippen LogP contribution in [0.5, 0.6) is 0 Å². The maximum atomic E-state index is 10.6. The molecule has 0 saturated carbocycles. The fraction of sp³-hybridized carbons (Fsp3) is 0.900. The summed E-state index contributed by atoms with van der Waals surface area (Å²) in [5.74, 6) is -0.361. The molecule has 1 aliphatic rings. The van der Waals surface area contributed by atoms with Crippen LogP contribution in [0, 0.1) is 11.3 Å². The molecule has 1 heterocycles. The molecule has 0 spiro atoms. The van der Waals surface area contributed by atoms with E-state index in [-0.39, 0.29) is 5.41 Å². The first-order chi connectivity index (χ1) is 6.45. The molecule has 14 heavy (non-hydrogen) atoms. The molecule has 1 fully saturated rings. The summed E-state index contributed by atoms with van der Waals surface area (Å²) in [6, 6.07) is -0.752. The number of carboxylic acids is 1. The van der Waals surface area contributed by atoms with E-state index in [0.717, 1.165) is 6.42 Å². The van der Waals surface area contributed by atoms with E-state index in [0.29, 0.717) is 25.6 Å². The number of carboxylic acid groups (broad SMARTS) is 1. The Morgan fingerprint density at radius 3 is 2.36 bits per heavy atom. The highest BCUT2D eigenvalue weighted by Gasteiger charge is 2.41. The third-order valence-corrected chi connectivity index (χ3v) is 2.63. The van der Waals surface area contributed by atoms with Crippen molar-refractivity contribution in [1.29, 1.82) is 0 Å². The van der Waals surface area contributed by atoms with Crippen LogP contribution in [-0.2, 0) is 9.53 Å². The Balaban J connectivity index is 2.49. The van der Waals surface area contributed by atoms with E-state index in [4.69, 9.17) is 15.6 Å². The van der Waals surface area contributed by atoms with Crippen molar-refractivity contribution in [2.75, 3.05) is 13.2 Å². The van der Waals surface area contributed by atoms with Gasteiger partial charge in [-0.15, -0.1) is 0 Å². The fourth-order valence-corrected chi connectivity index (χ4v) is 2.13. The van der Waals surface area contributed by atoms with E-state index >= 15 is 0 Å². The first-order valence-electron chi connectivity index (χ1n) is 5.01. The maximum Gasteiger partial charge on any atom is 0.320 e. The van der Waals surface area contributed by atoms with Crippen LogP contribution >= 0.6 is 0 Å². The van der Waals surface area contributed by atoms with Crippen molar-refractivity contribution < 1.29 is 14.6 Å². The van der Waals surface area contributed by atoms with Gasteiger partial charge in [0.05, 0.1) is 13.2 Å². The lowest BCUT2D eigenvalue weighted by atomic mass is 9.74. The molecule has 0 aromatic carbocycles. The Bertz CT molecular complexity index is 211. The van der Waals surface area contributed by atoms with Crippen LogP contribution < -0.4 is 5.73 Å². The van der Waals surface area contributed by atoms with Gasteiger partial charge in [0.25, 0.3) is 0 Å². The number of aliphatic carboxylic acids is 1. The van der Waals surface area contributed by atoms with Crippen molar-refractivity contribution in [2.24, 2.45) is 17.1 Å². The highest BCUT2D eigenvalue weighted by atomic mass is 16.5. The molecule has 0 aromatic heterocycles. The predicted molar refractivity (Wildman–Crippen MR) is 52.9 cm³/mol. The topological polar surface area (TPSA) is 72.6 Å². The Morgan fingerprint density at radius 2 is 2.07 bits per heavy atom. The van der Waals surface area contributed by atoms with Gasteiger partial charge in [0.1, 0.15) is 6.04 Å². The Morgan fingerprint density at radius 1 is 1.50 bits per heavy atom. The average molecular weight is 201 g/mol. The van der Waals surface area contributed by atoms with Gasteiger partial charge < -0.3 is 15.6 Å². The van der Waals surface area contributed by atoms with Crippen LogP contribution in [0.25, 0.3) is 0 Å². The summed E-state index contributed by atoms with van der Waals surface area (Å²) in [4.78, 5) is 10.6. The minimum absolute atomic E-state index is 0.0198. The molecule has 1 saturated heterocycles. The van der Waals surface area contributed by atoms with Crippen molar-refractivity contribution >= 4 is 5.97 Å². The normalized spacial score (nSPS) is 21.7. The molecule has 1 rings (SSSR count). The number of nitrogens with two attached hydrogens (primary N) is 1. The first-order valence-corrected chi connectivity index (χ1v) is 5.01. The second kappa shape index (κ2) is 4.28. The highest BCUT2D eigenvalue weighted by Crippen LogP contribution is 2.38. The third kappa shape index (κ3) is 2.69. The number of hydrogen-bond donors (Lipinski definition) is 2. The van der Waals surface area contributed by atoms with Gasteiger partial charge in [-0.1, -0.05) is 13.8 Å². The molecular formula is C10H19NO3. The summed E-state index contributed by atoms with van der Waals surface area (Å²) >= 11 is 0. The van der Waals surface area contributed by atoms with Gasteiger partial charge in [0.2, 0.25) is 0 Å². The number of hydrogen-bond acceptors (Lipinski definition) is 3. The van der Waals surface area contributed by atoms with Gasteiger partial charge in [0, 0.05) is 5.41 Å². The summed E-state index contributed by atoms with van der Waals surface area (Å²) < 4.78 is 5.17. The maximum absolute atomic E-state index is 10.6. The summed E-state index contributed by atoms with van der Waals surface area (Å²) in [6.45, 7) is 5.58. The molecule has 0 amide bonds. The van der Waals surface area contributed by atoms with E-state index in [1.807, 2.05) is 0 Å². The molecule has 0 radical (unpaired) electrons. The Kier molecular flexibility index (Phi) is 3.50. The minimum atomic E-state index is -0.917. The van der Waals surface area contributed by atoms with E-state index in [9.17, 15) is 4.79 Å². The summed E-state index contributed by atoms with van der Waals surface area (Å²) in [6.07, 6.45) is 1.52. The van der Waals surface area contributed by atoms with Crippen LogP contribution in [0.2, 0.25) is 0 Å². The minimum Gasteiger partial charge on any atom is -0.480 e. The molecule has 1 atom stereocenters. The van der Waals surface area contributed by atoms with Crippen molar-refractivity contribution in [1.82, 2.24) is 0 Å². The molecule has 0 aromatic rings.